The predicted molar refractivity (Wildman–Crippen MR) is 68.7 cm³/mol. The Hall–Kier alpha value is -1.59. The first-order valence-electron chi connectivity index (χ1n) is 6.54. The van der Waals surface area contributed by atoms with E-state index in [1.807, 2.05) is 0 Å². The third-order valence-electron chi connectivity index (χ3n) is 3.92. The Morgan fingerprint density at radius 1 is 1.42 bits per heavy atom. The van der Waals surface area contributed by atoms with Crippen LogP contribution in [0, 0.1) is 11.3 Å². The molecular weight excluding hydrogens is 248 g/mol. The van der Waals surface area contributed by atoms with E-state index in [4.69, 9.17) is 9.94 Å². The van der Waals surface area contributed by atoms with Crippen LogP contribution in [0.4, 0.5) is 0 Å². The molecule has 1 saturated heterocycles. The van der Waals surface area contributed by atoms with Crippen molar-refractivity contribution < 1.29 is 19.5 Å². The van der Waals surface area contributed by atoms with Crippen molar-refractivity contribution in [3.05, 3.63) is 0 Å². The Labute approximate surface area is 112 Å². The summed E-state index contributed by atoms with van der Waals surface area (Å²) in [5.74, 6) is -0.797. The summed E-state index contributed by atoms with van der Waals surface area (Å²) in [5.41, 5.74) is 0.0961. The van der Waals surface area contributed by atoms with Gasteiger partial charge in [-0.2, -0.15) is 0 Å². The Kier molecular flexibility index (Phi) is 3.52. The molecule has 1 amide bonds. The SMILES string of the molecule is CC(C)(C)C1CCN(C(=O)C2CC(C(=O)O)=NO2)C1. The van der Waals surface area contributed by atoms with Crippen molar-refractivity contribution in [2.24, 2.45) is 16.5 Å². The van der Waals surface area contributed by atoms with Gasteiger partial charge in [0, 0.05) is 19.5 Å². The zero-order chi connectivity index (χ0) is 14.2. The molecule has 6 nitrogen and oxygen atoms in total. The van der Waals surface area contributed by atoms with Crippen molar-refractivity contribution in [1.29, 1.82) is 0 Å². The molecule has 2 atom stereocenters. The molecule has 0 aromatic rings. The van der Waals surface area contributed by atoms with E-state index in [2.05, 4.69) is 25.9 Å². The van der Waals surface area contributed by atoms with Crippen LogP contribution in [0.5, 0.6) is 0 Å². The van der Waals surface area contributed by atoms with Gasteiger partial charge in [0.15, 0.2) is 5.71 Å². The largest absolute Gasteiger partial charge is 0.477 e. The lowest BCUT2D eigenvalue weighted by Gasteiger charge is -2.27. The van der Waals surface area contributed by atoms with Crippen LogP contribution in [0.3, 0.4) is 0 Å². The number of carboxylic acids is 1. The number of carbonyl (C=O) groups is 2. The van der Waals surface area contributed by atoms with Gasteiger partial charge in [-0.3, -0.25) is 4.79 Å². The monoisotopic (exact) mass is 268 g/mol. The number of hydrogen-bond acceptors (Lipinski definition) is 4. The summed E-state index contributed by atoms with van der Waals surface area (Å²) >= 11 is 0. The molecule has 6 heteroatoms. The highest BCUT2D eigenvalue weighted by Crippen LogP contribution is 2.34. The van der Waals surface area contributed by atoms with Gasteiger partial charge < -0.3 is 14.8 Å². The van der Waals surface area contributed by atoms with E-state index >= 15 is 0 Å². The lowest BCUT2D eigenvalue weighted by atomic mass is 9.80. The third-order valence-corrected chi connectivity index (χ3v) is 3.92. The van der Waals surface area contributed by atoms with Crippen molar-refractivity contribution in [3.63, 3.8) is 0 Å². The van der Waals surface area contributed by atoms with Gasteiger partial charge in [0.25, 0.3) is 5.91 Å². The van der Waals surface area contributed by atoms with Crippen molar-refractivity contribution in [2.45, 2.75) is 39.7 Å². The number of carboxylic acid groups (broad SMARTS) is 1. The minimum Gasteiger partial charge on any atom is -0.477 e. The molecule has 106 valence electrons. The molecule has 0 bridgehead atoms. The Bertz CT molecular complexity index is 425. The Morgan fingerprint density at radius 3 is 2.58 bits per heavy atom. The van der Waals surface area contributed by atoms with Gasteiger partial charge in [-0.05, 0) is 17.8 Å². The van der Waals surface area contributed by atoms with Crippen LogP contribution in [-0.2, 0) is 14.4 Å². The van der Waals surface area contributed by atoms with Crippen molar-refractivity contribution >= 4 is 17.6 Å². The molecule has 0 aromatic carbocycles. The standard InChI is InChI=1S/C13H20N2O4/c1-13(2,3)8-4-5-15(7-8)11(16)10-6-9(12(17)18)14-19-10/h8,10H,4-7H2,1-3H3,(H,17,18). The summed E-state index contributed by atoms with van der Waals surface area (Å²) in [7, 11) is 0. The van der Waals surface area contributed by atoms with Crippen molar-refractivity contribution in [3.8, 4) is 0 Å². The van der Waals surface area contributed by atoms with E-state index in [1.165, 1.54) is 0 Å². The molecule has 0 aliphatic carbocycles. The number of oxime groups is 1. The molecule has 0 aromatic heterocycles. The summed E-state index contributed by atoms with van der Waals surface area (Å²) in [5, 5.41) is 12.2. The maximum Gasteiger partial charge on any atom is 0.353 e. The van der Waals surface area contributed by atoms with Crippen molar-refractivity contribution in [2.75, 3.05) is 13.1 Å². The second-order valence-electron chi connectivity index (χ2n) is 6.28. The van der Waals surface area contributed by atoms with Crippen LogP contribution in [0.1, 0.15) is 33.6 Å². The van der Waals surface area contributed by atoms with E-state index in [0.29, 0.717) is 19.0 Å². The van der Waals surface area contributed by atoms with Crippen molar-refractivity contribution in [1.82, 2.24) is 4.90 Å². The fourth-order valence-corrected chi connectivity index (χ4v) is 2.51. The molecule has 2 aliphatic heterocycles. The number of aliphatic carboxylic acids is 1. The zero-order valence-corrected chi connectivity index (χ0v) is 11.5. The first-order valence-corrected chi connectivity index (χ1v) is 6.54. The van der Waals surface area contributed by atoms with Crippen LogP contribution in [0.25, 0.3) is 0 Å². The highest BCUT2D eigenvalue weighted by atomic mass is 16.6. The van der Waals surface area contributed by atoms with E-state index in [9.17, 15) is 9.59 Å². The van der Waals surface area contributed by atoms with E-state index in [1.54, 1.807) is 4.90 Å². The highest BCUT2D eigenvalue weighted by Gasteiger charge is 2.39. The first-order chi connectivity index (χ1) is 8.79. The normalized spacial score (nSPS) is 27.1. The maximum atomic E-state index is 12.2. The minimum atomic E-state index is -1.12. The molecular formula is C13H20N2O4. The van der Waals surface area contributed by atoms with E-state index < -0.39 is 12.1 Å². The molecule has 1 N–H and O–H groups in total. The van der Waals surface area contributed by atoms with Gasteiger partial charge in [0.05, 0.1) is 0 Å². The van der Waals surface area contributed by atoms with Crippen LogP contribution in [0.15, 0.2) is 5.16 Å². The number of nitrogens with zero attached hydrogens (tertiary/aromatic N) is 2. The molecule has 1 fully saturated rings. The number of hydrogen-bond donors (Lipinski definition) is 1. The smallest absolute Gasteiger partial charge is 0.353 e. The van der Waals surface area contributed by atoms with Gasteiger partial charge in [-0.15, -0.1) is 0 Å². The maximum absolute atomic E-state index is 12.2. The van der Waals surface area contributed by atoms with Gasteiger partial charge in [-0.1, -0.05) is 25.9 Å². The molecule has 0 radical (unpaired) electrons. The fraction of sp³-hybridized carbons (Fsp3) is 0.769. The predicted octanol–water partition coefficient (Wildman–Crippen LogP) is 1.11. The fourth-order valence-electron chi connectivity index (χ4n) is 2.51. The third kappa shape index (κ3) is 2.88. The molecule has 2 rings (SSSR count). The first kappa shape index (κ1) is 13.8. The summed E-state index contributed by atoms with van der Waals surface area (Å²) in [6.07, 6.45) is 0.282. The number of carbonyl (C=O) groups excluding carboxylic acids is 1. The second-order valence-corrected chi connectivity index (χ2v) is 6.28. The summed E-state index contributed by atoms with van der Waals surface area (Å²) in [6, 6.07) is 0. The van der Waals surface area contributed by atoms with E-state index in [0.717, 1.165) is 6.42 Å². The van der Waals surface area contributed by atoms with Crippen LogP contribution < -0.4 is 0 Å². The quantitative estimate of drug-likeness (QED) is 0.813. The number of likely N-dealkylation sites (tertiary alicyclic amines) is 1. The topological polar surface area (TPSA) is 79.2 Å². The molecule has 2 heterocycles. The average Bonchev–Trinajstić information content (AvgIpc) is 2.97. The Morgan fingerprint density at radius 2 is 2.11 bits per heavy atom. The summed E-state index contributed by atoms with van der Waals surface area (Å²) in [6.45, 7) is 7.93. The average molecular weight is 268 g/mol. The molecule has 19 heavy (non-hydrogen) atoms. The number of rotatable bonds is 2. The van der Waals surface area contributed by atoms with E-state index in [-0.39, 0.29) is 23.5 Å². The summed E-state index contributed by atoms with van der Waals surface area (Å²) in [4.78, 5) is 29.7. The van der Waals surface area contributed by atoms with Gasteiger partial charge in [0.2, 0.25) is 6.10 Å². The van der Waals surface area contributed by atoms with Crippen LogP contribution >= 0.6 is 0 Å². The van der Waals surface area contributed by atoms with Crippen LogP contribution in [0.2, 0.25) is 0 Å². The Balaban J connectivity index is 1.91. The second kappa shape index (κ2) is 4.83. The van der Waals surface area contributed by atoms with Gasteiger partial charge in [0.1, 0.15) is 0 Å². The van der Waals surface area contributed by atoms with Gasteiger partial charge >= 0.3 is 5.97 Å². The lowest BCUT2D eigenvalue weighted by molar-refractivity contribution is -0.141. The zero-order valence-electron chi connectivity index (χ0n) is 11.5. The number of amides is 1. The molecule has 2 unspecified atom stereocenters. The molecule has 2 aliphatic rings. The molecule has 0 saturated carbocycles. The van der Waals surface area contributed by atoms with Crippen LogP contribution in [-0.4, -0.2) is 46.8 Å². The minimum absolute atomic E-state index is 0.0604. The molecule has 0 spiro atoms. The lowest BCUT2D eigenvalue weighted by Crippen LogP contribution is -2.39. The highest BCUT2D eigenvalue weighted by molar-refractivity contribution is 6.36. The van der Waals surface area contributed by atoms with Gasteiger partial charge in [-0.25, -0.2) is 4.79 Å². The summed E-state index contributed by atoms with van der Waals surface area (Å²) < 4.78 is 0.